The molecule has 13 heavy (non-hydrogen) atoms. The van der Waals surface area contributed by atoms with Crippen molar-refractivity contribution >= 4 is 0 Å². The third-order valence-corrected chi connectivity index (χ3v) is 2.97. The SMILES string of the molecule is O[C@@H]1CCCN(C[C@@H]2CCCO2)C1. The van der Waals surface area contributed by atoms with Crippen LogP contribution in [0.3, 0.4) is 0 Å². The maximum atomic E-state index is 9.47. The van der Waals surface area contributed by atoms with Crippen LogP contribution in [0.4, 0.5) is 0 Å². The third kappa shape index (κ3) is 2.66. The molecule has 0 amide bonds. The molecule has 2 fully saturated rings. The van der Waals surface area contributed by atoms with Gasteiger partial charge >= 0.3 is 0 Å². The number of rotatable bonds is 2. The van der Waals surface area contributed by atoms with Crippen molar-refractivity contribution in [1.29, 1.82) is 0 Å². The molecule has 0 bridgehead atoms. The fourth-order valence-electron chi connectivity index (χ4n) is 2.27. The molecule has 0 spiro atoms. The molecule has 2 atom stereocenters. The van der Waals surface area contributed by atoms with Crippen LogP contribution in [0, 0.1) is 0 Å². The summed E-state index contributed by atoms with van der Waals surface area (Å²) in [5.74, 6) is 0. The first-order valence-corrected chi connectivity index (χ1v) is 5.36. The number of likely N-dealkylation sites (tertiary alicyclic amines) is 1. The Morgan fingerprint density at radius 3 is 2.92 bits per heavy atom. The Morgan fingerprint density at radius 2 is 2.23 bits per heavy atom. The Labute approximate surface area is 79.7 Å². The van der Waals surface area contributed by atoms with Crippen molar-refractivity contribution in [3.63, 3.8) is 0 Å². The molecule has 2 heterocycles. The van der Waals surface area contributed by atoms with E-state index >= 15 is 0 Å². The van der Waals surface area contributed by atoms with Gasteiger partial charge in [-0.1, -0.05) is 0 Å². The lowest BCUT2D eigenvalue weighted by atomic mass is 10.1. The second-order valence-electron chi connectivity index (χ2n) is 4.19. The minimum absolute atomic E-state index is 0.102. The molecule has 0 aromatic heterocycles. The fourth-order valence-corrected chi connectivity index (χ4v) is 2.27. The van der Waals surface area contributed by atoms with Gasteiger partial charge in [-0.25, -0.2) is 0 Å². The van der Waals surface area contributed by atoms with E-state index in [0.717, 1.165) is 39.1 Å². The van der Waals surface area contributed by atoms with Crippen molar-refractivity contribution < 1.29 is 9.84 Å². The van der Waals surface area contributed by atoms with Crippen molar-refractivity contribution in [3.05, 3.63) is 0 Å². The van der Waals surface area contributed by atoms with Crippen molar-refractivity contribution in [3.8, 4) is 0 Å². The van der Waals surface area contributed by atoms with Crippen molar-refractivity contribution in [2.45, 2.75) is 37.9 Å². The zero-order chi connectivity index (χ0) is 9.10. The number of nitrogens with zero attached hydrogens (tertiary/aromatic N) is 1. The predicted molar refractivity (Wildman–Crippen MR) is 50.7 cm³/mol. The number of β-amino-alcohol motifs (C(OH)–C–C–N with tert-alkyl or cyclic N) is 1. The summed E-state index contributed by atoms with van der Waals surface area (Å²) in [6.07, 6.45) is 4.85. The van der Waals surface area contributed by atoms with Crippen LogP contribution in [-0.4, -0.2) is 48.5 Å². The van der Waals surface area contributed by atoms with E-state index in [9.17, 15) is 5.11 Å². The van der Waals surface area contributed by atoms with Gasteiger partial charge < -0.3 is 9.84 Å². The molecular weight excluding hydrogens is 166 g/mol. The molecule has 0 saturated carbocycles. The molecule has 2 saturated heterocycles. The number of hydrogen-bond acceptors (Lipinski definition) is 3. The molecule has 0 radical (unpaired) electrons. The Kier molecular flexibility index (Phi) is 3.19. The fraction of sp³-hybridized carbons (Fsp3) is 1.00. The highest BCUT2D eigenvalue weighted by Gasteiger charge is 2.23. The number of ether oxygens (including phenoxy) is 1. The zero-order valence-corrected chi connectivity index (χ0v) is 8.11. The number of aliphatic hydroxyl groups is 1. The van der Waals surface area contributed by atoms with Crippen LogP contribution in [-0.2, 0) is 4.74 Å². The summed E-state index contributed by atoms with van der Waals surface area (Å²) in [5.41, 5.74) is 0. The summed E-state index contributed by atoms with van der Waals surface area (Å²) < 4.78 is 5.57. The van der Waals surface area contributed by atoms with Crippen LogP contribution in [0.1, 0.15) is 25.7 Å². The highest BCUT2D eigenvalue weighted by Crippen LogP contribution is 2.16. The molecule has 2 aliphatic heterocycles. The molecule has 2 aliphatic rings. The van der Waals surface area contributed by atoms with E-state index in [-0.39, 0.29) is 6.10 Å². The predicted octanol–water partition coefficient (Wildman–Crippen LogP) is 0.622. The Bertz CT molecular complexity index is 157. The molecule has 2 rings (SSSR count). The summed E-state index contributed by atoms with van der Waals surface area (Å²) in [7, 11) is 0. The van der Waals surface area contributed by atoms with Gasteiger partial charge in [0, 0.05) is 19.7 Å². The monoisotopic (exact) mass is 185 g/mol. The largest absolute Gasteiger partial charge is 0.392 e. The third-order valence-electron chi connectivity index (χ3n) is 2.97. The van der Waals surface area contributed by atoms with Gasteiger partial charge in [-0.15, -0.1) is 0 Å². The van der Waals surface area contributed by atoms with Gasteiger partial charge in [-0.2, -0.15) is 0 Å². The van der Waals surface area contributed by atoms with Crippen LogP contribution < -0.4 is 0 Å². The molecule has 76 valence electrons. The molecule has 0 aliphatic carbocycles. The van der Waals surface area contributed by atoms with E-state index < -0.39 is 0 Å². The van der Waals surface area contributed by atoms with Gasteiger partial charge in [0.05, 0.1) is 12.2 Å². The minimum atomic E-state index is -0.102. The average molecular weight is 185 g/mol. The first-order valence-electron chi connectivity index (χ1n) is 5.36. The lowest BCUT2D eigenvalue weighted by molar-refractivity contribution is 0.0276. The van der Waals surface area contributed by atoms with E-state index in [0.29, 0.717) is 6.10 Å². The maximum Gasteiger partial charge on any atom is 0.0702 e. The van der Waals surface area contributed by atoms with Crippen LogP contribution in [0.2, 0.25) is 0 Å². The molecule has 0 aromatic rings. The molecule has 3 heteroatoms. The highest BCUT2D eigenvalue weighted by atomic mass is 16.5. The summed E-state index contributed by atoms with van der Waals surface area (Å²) in [4.78, 5) is 2.34. The molecular formula is C10H19NO2. The van der Waals surface area contributed by atoms with Crippen molar-refractivity contribution in [1.82, 2.24) is 4.90 Å². The Hall–Kier alpha value is -0.120. The van der Waals surface area contributed by atoms with Gasteiger partial charge in [-0.3, -0.25) is 4.90 Å². The smallest absolute Gasteiger partial charge is 0.0702 e. The van der Waals surface area contributed by atoms with Gasteiger partial charge in [0.25, 0.3) is 0 Å². The van der Waals surface area contributed by atoms with Crippen LogP contribution in [0.15, 0.2) is 0 Å². The Balaban J connectivity index is 1.73. The first kappa shape index (κ1) is 9.44. The van der Waals surface area contributed by atoms with Crippen LogP contribution >= 0.6 is 0 Å². The van der Waals surface area contributed by atoms with E-state index in [1.165, 1.54) is 12.8 Å². The summed E-state index contributed by atoms with van der Waals surface area (Å²) >= 11 is 0. The molecule has 1 N–H and O–H groups in total. The van der Waals surface area contributed by atoms with Gasteiger partial charge in [-0.05, 0) is 32.2 Å². The number of aliphatic hydroxyl groups excluding tert-OH is 1. The standard InChI is InChI=1S/C10H19NO2/c12-9-3-1-5-11(7-9)8-10-4-2-6-13-10/h9-10,12H,1-8H2/t9-,10+/m1/s1. The van der Waals surface area contributed by atoms with Crippen LogP contribution in [0.25, 0.3) is 0 Å². The van der Waals surface area contributed by atoms with Crippen LogP contribution in [0.5, 0.6) is 0 Å². The topological polar surface area (TPSA) is 32.7 Å². The zero-order valence-electron chi connectivity index (χ0n) is 8.11. The van der Waals surface area contributed by atoms with Gasteiger partial charge in [0.1, 0.15) is 0 Å². The summed E-state index contributed by atoms with van der Waals surface area (Å²) in [6, 6.07) is 0. The Morgan fingerprint density at radius 1 is 1.31 bits per heavy atom. The van der Waals surface area contributed by atoms with E-state index in [4.69, 9.17) is 4.74 Å². The number of piperidine rings is 1. The van der Waals surface area contributed by atoms with E-state index in [1.807, 2.05) is 0 Å². The quantitative estimate of drug-likeness (QED) is 0.684. The summed E-state index contributed by atoms with van der Waals surface area (Å²) in [6.45, 7) is 3.94. The molecule has 0 aromatic carbocycles. The average Bonchev–Trinajstić information content (AvgIpc) is 2.57. The van der Waals surface area contributed by atoms with Crippen molar-refractivity contribution in [2.24, 2.45) is 0 Å². The van der Waals surface area contributed by atoms with Gasteiger partial charge in [0.2, 0.25) is 0 Å². The maximum absolute atomic E-state index is 9.47. The number of hydrogen-bond donors (Lipinski definition) is 1. The second-order valence-corrected chi connectivity index (χ2v) is 4.19. The molecule has 0 unspecified atom stereocenters. The second kappa shape index (κ2) is 4.40. The van der Waals surface area contributed by atoms with Gasteiger partial charge in [0.15, 0.2) is 0 Å². The highest BCUT2D eigenvalue weighted by molar-refractivity contribution is 4.76. The molecule has 3 nitrogen and oxygen atoms in total. The van der Waals surface area contributed by atoms with Crippen molar-refractivity contribution in [2.75, 3.05) is 26.2 Å². The van der Waals surface area contributed by atoms with E-state index in [1.54, 1.807) is 0 Å². The summed E-state index contributed by atoms with van der Waals surface area (Å²) in [5, 5.41) is 9.47. The lowest BCUT2D eigenvalue weighted by Crippen LogP contribution is -2.42. The normalized spacial score (nSPS) is 36.7. The van der Waals surface area contributed by atoms with E-state index in [2.05, 4.69) is 4.90 Å². The first-order chi connectivity index (χ1) is 6.34. The minimum Gasteiger partial charge on any atom is -0.392 e. The lowest BCUT2D eigenvalue weighted by Gasteiger charge is -2.31.